The SMILES string of the molecule is CCCCSCS(CCSC)(CCSCC)(CCSCCC)(CSCCC)C(CSC)CSCC. The van der Waals surface area contributed by atoms with Crippen molar-refractivity contribution in [3.8, 4) is 0 Å². The third-order valence-corrected chi connectivity index (χ3v) is 29.6. The highest BCUT2D eigenvalue weighted by atomic mass is 32.4. The summed E-state index contributed by atoms with van der Waals surface area (Å²) in [7, 11) is -2.45. The van der Waals surface area contributed by atoms with E-state index in [1.165, 1.54) is 111 Å². The third kappa shape index (κ3) is 12.1. The molecule has 0 amide bonds. The van der Waals surface area contributed by atoms with Gasteiger partial charge in [0.05, 0.1) is 0 Å². The molecular formula is C27H60S8. The molecule has 1 atom stereocenters. The fraction of sp³-hybridized carbons (Fsp3) is 1.00. The Morgan fingerprint density at radius 1 is 0.514 bits per heavy atom. The lowest BCUT2D eigenvalue weighted by Gasteiger charge is -2.83. The van der Waals surface area contributed by atoms with Crippen LogP contribution in [0.2, 0.25) is 0 Å². The van der Waals surface area contributed by atoms with Gasteiger partial charge in [0.15, 0.2) is 0 Å². The van der Waals surface area contributed by atoms with Crippen LogP contribution in [-0.4, -0.2) is 103 Å². The van der Waals surface area contributed by atoms with Crippen LogP contribution in [0.15, 0.2) is 0 Å². The first-order chi connectivity index (χ1) is 16.9. The quantitative estimate of drug-likeness (QED) is 0.0809. The van der Waals surface area contributed by atoms with Gasteiger partial charge in [-0.05, 0) is 100 Å². The topological polar surface area (TPSA) is 0 Å². The highest BCUT2D eigenvalue weighted by Gasteiger charge is 2.63. The number of hydrogen-bond acceptors (Lipinski definition) is 7. The van der Waals surface area contributed by atoms with E-state index in [2.05, 4.69) is 129 Å². The summed E-state index contributed by atoms with van der Waals surface area (Å²) in [4.78, 5) is 0. The molecule has 0 aliphatic carbocycles. The lowest BCUT2D eigenvalue weighted by molar-refractivity contribution is 0.897. The van der Waals surface area contributed by atoms with Crippen molar-refractivity contribution in [2.75, 3.05) is 97.5 Å². The van der Waals surface area contributed by atoms with E-state index >= 15 is 0 Å². The van der Waals surface area contributed by atoms with E-state index in [9.17, 15) is 0 Å². The van der Waals surface area contributed by atoms with Crippen LogP contribution in [0.4, 0.5) is 0 Å². The van der Waals surface area contributed by atoms with E-state index in [-0.39, 0.29) is 0 Å². The molecule has 0 aromatic carbocycles. The molecule has 0 bridgehead atoms. The molecule has 0 saturated heterocycles. The summed E-state index contributed by atoms with van der Waals surface area (Å²) in [5.41, 5.74) is 0. The molecule has 0 aromatic heterocycles. The van der Waals surface area contributed by atoms with E-state index in [4.69, 9.17) is 0 Å². The molecule has 0 radical (unpaired) electrons. The predicted molar refractivity (Wildman–Crippen MR) is 196 cm³/mol. The van der Waals surface area contributed by atoms with Crippen LogP contribution in [0, 0.1) is 0 Å². The van der Waals surface area contributed by atoms with Crippen molar-refractivity contribution in [1.29, 1.82) is 0 Å². The van der Waals surface area contributed by atoms with Crippen LogP contribution in [-0.2, 0) is 0 Å². The second-order valence-corrected chi connectivity index (χ2v) is 26.9. The summed E-state index contributed by atoms with van der Waals surface area (Å²) < 4.78 is 0. The molecule has 0 aliphatic heterocycles. The van der Waals surface area contributed by atoms with Crippen LogP contribution in [0.1, 0.15) is 60.3 Å². The minimum absolute atomic E-state index is 0.889. The highest BCUT2D eigenvalue weighted by Crippen LogP contribution is 2.94. The lowest BCUT2D eigenvalue weighted by Crippen LogP contribution is -2.60. The molecule has 8 heteroatoms. The Bertz CT molecular complexity index is 474. The van der Waals surface area contributed by atoms with Gasteiger partial charge in [0.2, 0.25) is 0 Å². The van der Waals surface area contributed by atoms with Gasteiger partial charge in [-0.2, -0.15) is 82.3 Å². The first-order valence-corrected chi connectivity index (χ1v) is 25.7. The van der Waals surface area contributed by atoms with Crippen molar-refractivity contribution < 1.29 is 0 Å². The molecule has 0 fully saturated rings. The van der Waals surface area contributed by atoms with Crippen molar-refractivity contribution >= 4 is 90.6 Å². The molecule has 35 heavy (non-hydrogen) atoms. The molecule has 0 rings (SSSR count). The molecule has 1 unspecified atom stereocenters. The minimum Gasteiger partial charge on any atom is -0.253 e. The second-order valence-electron chi connectivity index (χ2n) is 9.93. The van der Waals surface area contributed by atoms with Gasteiger partial charge in [0, 0.05) is 21.7 Å². The van der Waals surface area contributed by atoms with Gasteiger partial charge in [-0.25, -0.2) is 0 Å². The van der Waals surface area contributed by atoms with Gasteiger partial charge in [-0.1, -0.05) is 41.0 Å². The smallest absolute Gasteiger partial charge is 0.0139 e. The Hall–Kier alpha value is 2.80. The fourth-order valence-corrected chi connectivity index (χ4v) is 33.0. The molecule has 0 saturated carbocycles. The maximum atomic E-state index is 2.39. The van der Waals surface area contributed by atoms with Gasteiger partial charge >= 0.3 is 0 Å². The maximum absolute atomic E-state index is 2.45. The zero-order valence-corrected chi connectivity index (χ0v) is 30.8. The molecular weight excluding hydrogens is 581 g/mol. The average molecular weight is 641 g/mol. The van der Waals surface area contributed by atoms with E-state index in [0.717, 1.165) is 5.25 Å². The third-order valence-electron chi connectivity index (χ3n) is 7.38. The Balaban J connectivity index is 7.02. The summed E-state index contributed by atoms with van der Waals surface area (Å²) in [6.07, 6.45) is 10.1. The number of hydrogen-bond donors (Lipinski definition) is 0. The fourth-order valence-electron chi connectivity index (χ4n) is 4.87. The van der Waals surface area contributed by atoms with Gasteiger partial charge in [0.1, 0.15) is 0 Å². The summed E-state index contributed by atoms with van der Waals surface area (Å²) in [6, 6.07) is 0. The Morgan fingerprint density at radius 3 is 1.63 bits per heavy atom. The van der Waals surface area contributed by atoms with Gasteiger partial charge in [0.25, 0.3) is 0 Å². The minimum atomic E-state index is -2.45. The molecule has 0 spiro atoms. The summed E-state index contributed by atoms with van der Waals surface area (Å²) in [6.45, 7) is 11.9. The largest absolute Gasteiger partial charge is 0.253 e. The van der Waals surface area contributed by atoms with Crippen molar-refractivity contribution in [2.24, 2.45) is 0 Å². The molecule has 0 aliphatic rings. The Morgan fingerprint density at radius 2 is 1.09 bits per heavy atom. The maximum Gasteiger partial charge on any atom is 0.0139 e. The van der Waals surface area contributed by atoms with Crippen molar-refractivity contribution in [1.82, 2.24) is 0 Å². The standard InChI is InChI=1S/C27H60S8/c1-8-13-16-34-26-35(20-17-28-6,21-18-30-11-4,25-33-15-10-3,22-19-32-14-9-2)27(23-29-7)24-31-12-5/h27H,8-26H2,1-7H3. The Labute approximate surface area is 251 Å². The Kier molecular flexibility index (Phi) is 23.3. The van der Waals surface area contributed by atoms with E-state index in [1.54, 1.807) is 0 Å². The normalized spacial score (nSPS) is 15.2. The summed E-state index contributed by atoms with van der Waals surface area (Å²) in [5.74, 6) is 18.0. The van der Waals surface area contributed by atoms with E-state index < -0.39 is 8.29 Å². The predicted octanol–water partition coefficient (Wildman–Crippen LogP) is 10.2. The van der Waals surface area contributed by atoms with Crippen LogP contribution in [0.3, 0.4) is 0 Å². The zero-order valence-electron chi connectivity index (χ0n) is 24.3. The van der Waals surface area contributed by atoms with Gasteiger partial charge < -0.3 is 0 Å². The molecule has 216 valence electrons. The first-order valence-electron chi connectivity index (χ1n) is 13.8. The zero-order chi connectivity index (χ0) is 26.4. The molecule has 0 aromatic rings. The number of unbranched alkanes of at least 4 members (excludes halogenated alkanes) is 1. The average Bonchev–Trinajstić information content (AvgIpc) is 2.87. The van der Waals surface area contributed by atoms with Gasteiger partial charge in [-0.15, -0.1) is 0 Å². The van der Waals surface area contributed by atoms with Crippen molar-refractivity contribution in [2.45, 2.75) is 65.6 Å². The van der Waals surface area contributed by atoms with Crippen LogP contribution < -0.4 is 0 Å². The van der Waals surface area contributed by atoms with E-state index in [0.29, 0.717) is 0 Å². The summed E-state index contributed by atoms with van der Waals surface area (Å²) in [5, 5.41) is 3.87. The van der Waals surface area contributed by atoms with Crippen LogP contribution in [0.25, 0.3) is 0 Å². The van der Waals surface area contributed by atoms with Gasteiger partial charge in [-0.3, -0.25) is 8.29 Å². The molecule has 0 nitrogen and oxygen atoms in total. The monoisotopic (exact) mass is 640 g/mol. The lowest BCUT2D eigenvalue weighted by atomic mass is 10.4. The summed E-state index contributed by atoms with van der Waals surface area (Å²) >= 11 is 15.8. The van der Waals surface area contributed by atoms with Crippen LogP contribution >= 0.6 is 90.6 Å². The first kappa shape index (κ1) is 37.8. The number of thioether (sulfide) groups is 7. The van der Waals surface area contributed by atoms with Crippen molar-refractivity contribution in [3.05, 3.63) is 0 Å². The number of rotatable bonds is 27. The van der Waals surface area contributed by atoms with Crippen molar-refractivity contribution in [3.63, 3.8) is 0 Å². The highest BCUT2D eigenvalue weighted by molar-refractivity contribution is 8.71. The molecule has 0 N–H and O–H groups in total. The van der Waals surface area contributed by atoms with Crippen LogP contribution in [0.5, 0.6) is 0 Å². The second kappa shape index (κ2) is 21.5. The molecule has 0 heterocycles. The van der Waals surface area contributed by atoms with E-state index in [1.807, 2.05) is 0 Å².